The first-order valence-electron chi connectivity index (χ1n) is 9.74. The van der Waals surface area contributed by atoms with Crippen LogP contribution in [0.2, 0.25) is 10.0 Å². The Balaban J connectivity index is 2.27. The molecule has 0 aliphatic carbocycles. The van der Waals surface area contributed by atoms with Crippen LogP contribution in [0.5, 0.6) is 0 Å². The van der Waals surface area contributed by atoms with Gasteiger partial charge in [-0.2, -0.15) is 0 Å². The minimum absolute atomic E-state index is 0.127. The Labute approximate surface area is 183 Å². The normalized spacial score (nSPS) is 12.0. The largest absolute Gasteiger partial charge is 0.354 e. The molecule has 0 aliphatic heterocycles. The molecule has 0 saturated carbocycles. The van der Waals surface area contributed by atoms with E-state index in [0.29, 0.717) is 22.5 Å². The molecule has 4 nitrogen and oxygen atoms in total. The average Bonchev–Trinajstić information content (AvgIpc) is 2.66. The molecular formula is C23H28Cl2N2O2. The van der Waals surface area contributed by atoms with Gasteiger partial charge in [-0.15, -0.1) is 0 Å². The van der Waals surface area contributed by atoms with Gasteiger partial charge in [-0.1, -0.05) is 67.4 Å². The average molecular weight is 435 g/mol. The molecule has 2 rings (SSSR count). The molecule has 0 fully saturated rings. The fourth-order valence-electron chi connectivity index (χ4n) is 2.94. The van der Waals surface area contributed by atoms with E-state index >= 15 is 0 Å². The summed E-state index contributed by atoms with van der Waals surface area (Å²) in [6.45, 7) is 8.57. The molecule has 0 aromatic heterocycles. The SMILES string of the molecule is Cc1ccccc1CC(=O)N(Cc1ccc(Cl)cc1Cl)[C@H](C)C(=O)NCC(C)C. The van der Waals surface area contributed by atoms with Crippen molar-refractivity contribution in [3.63, 3.8) is 0 Å². The van der Waals surface area contributed by atoms with E-state index in [2.05, 4.69) is 5.32 Å². The van der Waals surface area contributed by atoms with Gasteiger partial charge in [0.05, 0.1) is 6.42 Å². The molecule has 0 aliphatic rings. The Bertz CT molecular complexity index is 868. The Kier molecular flexibility index (Phi) is 8.54. The van der Waals surface area contributed by atoms with Crippen molar-refractivity contribution in [3.8, 4) is 0 Å². The van der Waals surface area contributed by atoms with E-state index in [4.69, 9.17) is 23.2 Å². The van der Waals surface area contributed by atoms with Crippen molar-refractivity contribution in [2.75, 3.05) is 6.54 Å². The number of hydrogen-bond donors (Lipinski definition) is 1. The van der Waals surface area contributed by atoms with Gasteiger partial charge in [0.2, 0.25) is 11.8 Å². The topological polar surface area (TPSA) is 49.4 Å². The van der Waals surface area contributed by atoms with Gasteiger partial charge < -0.3 is 10.2 Å². The molecule has 29 heavy (non-hydrogen) atoms. The summed E-state index contributed by atoms with van der Waals surface area (Å²) in [5, 5.41) is 3.92. The van der Waals surface area contributed by atoms with Crippen LogP contribution in [0.15, 0.2) is 42.5 Å². The Morgan fingerprint density at radius 1 is 1.03 bits per heavy atom. The molecule has 1 N–H and O–H groups in total. The van der Waals surface area contributed by atoms with Crippen LogP contribution >= 0.6 is 23.2 Å². The van der Waals surface area contributed by atoms with Gasteiger partial charge in [0.1, 0.15) is 6.04 Å². The maximum Gasteiger partial charge on any atom is 0.242 e. The van der Waals surface area contributed by atoms with Crippen molar-refractivity contribution in [2.24, 2.45) is 5.92 Å². The zero-order chi connectivity index (χ0) is 21.6. The van der Waals surface area contributed by atoms with Gasteiger partial charge >= 0.3 is 0 Å². The van der Waals surface area contributed by atoms with Crippen molar-refractivity contribution < 1.29 is 9.59 Å². The second-order valence-electron chi connectivity index (χ2n) is 7.68. The highest BCUT2D eigenvalue weighted by Crippen LogP contribution is 2.24. The first kappa shape index (κ1) is 23.2. The first-order valence-corrected chi connectivity index (χ1v) is 10.5. The fourth-order valence-corrected chi connectivity index (χ4v) is 3.41. The second kappa shape index (κ2) is 10.7. The molecule has 2 aromatic carbocycles. The van der Waals surface area contributed by atoms with Crippen LogP contribution in [0.1, 0.15) is 37.5 Å². The smallest absolute Gasteiger partial charge is 0.242 e. The Morgan fingerprint density at radius 3 is 2.34 bits per heavy atom. The third kappa shape index (κ3) is 6.76. The lowest BCUT2D eigenvalue weighted by Crippen LogP contribution is -2.48. The maximum absolute atomic E-state index is 13.2. The summed E-state index contributed by atoms with van der Waals surface area (Å²) in [7, 11) is 0. The van der Waals surface area contributed by atoms with Crippen molar-refractivity contribution in [1.82, 2.24) is 10.2 Å². The zero-order valence-corrected chi connectivity index (χ0v) is 18.8. The van der Waals surface area contributed by atoms with Crippen LogP contribution in [0.4, 0.5) is 0 Å². The van der Waals surface area contributed by atoms with Gasteiger partial charge in [0.15, 0.2) is 0 Å². The highest BCUT2D eigenvalue weighted by Gasteiger charge is 2.27. The third-order valence-electron chi connectivity index (χ3n) is 4.81. The molecule has 6 heteroatoms. The molecule has 0 spiro atoms. The molecule has 0 bridgehead atoms. The molecule has 2 aromatic rings. The van der Waals surface area contributed by atoms with Gasteiger partial charge in [-0.3, -0.25) is 9.59 Å². The molecule has 1 atom stereocenters. The Morgan fingerprint density at radius 2 is 1.72 bits per heavy atom. The highest BCUT2D eigenvalue weighted by molar-refractivity contribution is 6.35. The standard InChI is InChI=1S/C23H28Cl2N2O2/c1-15(2)13-26-23(29)17(4)27(14-19-9-10-20(24)12-21(19)25)22(28)11-18-8-6-5-7-16(18)3/h5-10,12,15,17H,11,13-14H2,1-4H3,(H,26,29)/t17-/m1/s1. The number of hydrogen-bond acceptors (Lipinski definition) is 2. The predicted molar refractivity (Wildman–Crippen MR) is 119 cm³/mol. The molecule has 2 amide bonds. The number of nitrogens with zero attached hydrogens (tertiary/aromatic N) is 1. The van der Waals surface area contributed by atoms with Crippen LogP contribution in [0.3, 0.4) is 0 Å². The van der Waals surface area contributed by atoms with Crippen LogP contribution in [-0.2, 0) is 22.6 Å². The van der Waals surface area contributed by atoms with E-state index in [1.807, 2.05) is 45.0 Å². The van der Waals surface area contributed by atoms with E-state index in [-0.39, 0.29) is 24.8 Å². The first-order chi connectivity index (χ1) is 13.7. The van der Waals surface area contributed by atoms with E-state index in [9.17, 15) is 9.59 Å². The second-order valence-corrected chi connectivity index (χ2v) is 8.52. The number of rotatable bonds is 8. The number of carbonyl (C=O) groups is 2. The number of aryl methyl sites for hydroxylation is 1. The number of carbonyl (C=O) groups excluding carboxylic acids is 2. The predicted octanol–water partition coefficient (Wildman–Crippen LogP) is 5.03. The van der Waals surface area contributed by atoms with Crippen molar-refractivity contribution >= 4 is 35.0 Å². The van der Waals surface area contributed by atoms with Crippen molar-refractivity contribution in [3.05, 3.63) is 69.2 Å². The molecule has 0 saturated heterocycles. The number of amides is 2. The summed E-state index contributed by atoms with van der Waals surface area (Å²) in [4.78, 5) is 27.5. The van der Waals surface area contributed by atoms with Crippen LogP contribution in [-0.4, -0.2) is 29.3 Å². The molecular weight excluding hydrogens is 407 g/mol. The van der Waals surface area contributed by atoms with E-state index in [0.717, 1.165) is 16.7 Å². The van der Waals surface area contributed by atoms with Crippen LogP contribution in [0.25, 0.3) is 0 Å². The minimum atomic E-state index is -0.628. The molecule has 156 valence electrons. The van der Waals surface area contributed by atoms with E-state index in [1.54, 1.807) is 30.0 Å². The summed E-state index contributed by atoms with van der Waals surface area (Å²) >= 11 is 12.3. The van der Waals surface area contributed by atoms with Crippen molar-refractivity contribution in [2.45, 2.75) is 46.7 Å². The summed E-state index contributed by atoms with van der Waals surface area (Å²) in [5.74, 6) is 0.0208. The number of halogens is 2. The summed E-state index contributed by atoms with van der Waals surface area (Å²) in [6, 6.07) is 12.3. The summed E-state index contributed by atoms with van der Waals surface area (Å²) < 4.78 is 0. The van der Waals surface area contributed by atoms with E-state index < -0.39 is 6.04 Å². The van der Waals surface area contributed by atoms with Crippen LogP contribution in [0, 0.1) is 12.8 Å². The third-order valence-corrected chi connectivity index (χ3v) is 5.40. The van der Waals surface area contributed by atoms with Crippen molar-refractivity contribution in [1.29, 1.82) is 0 Å². The number of nitrogens with one attached hydrogen (secondary N) is 1. The van der Waals surface area contributed by atoms with Gasteiger partial charge in [-0.05, 0) is 48.6 Å². The fraction of sp³-hybridized carbons (Fsp3) is 0.391. The monoisotopic (exact) mass is 434 g/mol. The number of benzene rings is 2. The molecule has 0 heterocycles. The summed E-state index contributed by atoms with van der Waals surface area (Å²) in [5.41, 5.74) is 2.74. The molecule has 0 radical (unpaired) electrons. The minimum Gasteiger partial charge on any atom is -0.354 e. The quantitative estimate of drug-likeness (QED) is 0.632. The summed E-state index contributed by atoms with van der Waals surface area (Å²) in [6.07, 6.45) is 0.222. The lowest BCUT2D eigenvalue weighted by Gasteiger charge is -2.29. The van der Waals surface area contributed by atoms with E-state index in [1.165, 1.54) is 0 Å². The van der Waals surface area contributed by atoms with Gasteiger partial charge in [0, 0.05) is 23.1 Å². The highest BCUT2D eigenvalue weighted by atomic mass is 35.5. The van der Waals surface area contributed by atoms with Gasteiger partial charge in [-0.25, -0.2) is 0 Å². The maximum atomic E-state index is 13.2. The zero-order valence-electron chi connectivity index (χ0n) is 17.3. The lowest BCUT2D eigenvalue weighted by atomic mass is 10.0. The van der Waals surface area contributed by atoms with Gasteiger partial charge in [0.25, 0.3) is 0 Å². The lowest BCUT2D eigenvalue weighted by molar-refractivity contribution is -0.140. The van der Waals surface area contributed by atoms with Crippen LogP contribution < -0.4 is 5.32 Å². The Hall–Kier alpha value is -2.04. The molecule has 0 unspecified atom stereocenters.